The Kier molecular flexibility index (Phi) is 6.19. The highest BCUT2D eigenvalue weighted by Gasteiger charge is 2.35. The lowest BCUT2D eigenvalue weighted by atomic mass is 9.91. The van der Waals surface area contributed by atoms with Crippen molar-refractivity contribution >= 4 is 17.5 Å². The Labute approximate surface area is 179 Å². The minimum absolute atomic E-state index is 0.0751. The van der Waals surface area contributed by atoms with E-state index >= 15 is 0 Å². The molecule has 0 bridgehead atoms. The number of nitrogens with one attached hydrogen (secondary N) is 2. The van der Waals surface area contributed by atoms with Crippen molar-refractivity contribution in [3.05, 3.63) is 86.8 Å². The minimum Gasteiger partial charge on any atom is -0.394 e. The van der Waals surface area contributed by atoms with E-state index in [4.69, 9.17) is 11.6 Å². The van der Waals surface area contributed by atoms with Gasteiger partial charge in [-0.2, -0.15) is 13.2 Å². The molecule has 2 aromatic carbocycles. The summed E-state index contributed by atoms with van der Waals surface area (Å²) in [5, 5.41) is 12.1. The molecule has 0 radical (unpaired) electrons. The lowest BCUT2D eigenvalue weighted by Crippen LogP contribution is -2.47. The van der Waals surface area contributed by atoms with Gasteiger partial charge in [-0.1, -0.05) is 48.0 Å². The average molecular weight is 452 g/mol. The van der Waals surface area contributed by atoms with Gasteiger partial charge in [-0.05, 0) is 24.6 Å². The zero-order valence-electron chi connectivity index (χ0n) is 16.1. The Bertz CT molecular complexity index is 1170. The number of aliphatic hydroxyl groups is 1. The average Bonchev–Trinajstić information content (AvgIpc) is 2.73. The number of hydrogen-bond acceptors (Lipinski definition) is 4. The van der Waals surface area contributed by atoms with Crippen molar-refractivity contribution < 1.29 is 23.1 Å². The summed E-state index contributed by atoms with van der Waals surface area (Å²) in [6.45, 7) is 0.725. The molecule has 1 unspecified atom stereocenters. The van der Waals surface area contributed by atoms with Crippen LogP contribution in [-0.2, 0) is 11.7 Å². The number of rotatable bonds is 5. The van der Waals surface area contributed by atoms with Crippen molar-refractivity contribution in [2.45, 2.75) is 18.6 Å². The molecular weight excluding hydrogens is 435 g/mol. The van der Waals surface area contributed by atoms with Gasteiger partial charge in [-0.15, -0.1) is 0 Å². The van der Waals surface area contributed by atoms with Gasteiger partial charge < -0.3 is 15.4 Å². The quantitative estimate of drug-likeness (QED) is 0.550. The van der Waals surface area contributed by atoms with Gasteiger partial charge in [0.2, 0.25) is 0 Å². The standard InChI is InChI=1S/C21H17ClF3N3O3/c1-20(11-29,14-8-7-13(9-15(14)22)21(23,24)25)28-19(31)16-10-17(30)27-18(26-16)12-5-3-2-4-6-12/h2-10,29H,11H2,1H3,(H,28,31)(H,26,27,30). The van der Waals surface area contributed by atoms with Crippen LogP contribution in [0, 0.1) is 0 Å². The molecule has 6 nitrogen and oxygen atoms in total. The second-order valence-electron chi connectivity index (χ2n) is 6.98. The summed E-state index contributed by atoms with van der Waals surface area (Å²) < 4.78 is 38.7. The van der Waals surface area contributed by atoms with Gasteiger partial charge in [-0.25, -0.2) is 4.98 Å². The summed E-state index contributed by atoms with van der Waals surface area (Å²) in [5.41, 5.74) is -2.65. The second-order valence-corrected chi connectivity index (χ2v) is 7.39. The smallest absolute Gasteiger partial charge is 0.394 e. The predicted molar refractivity (Wildman–Crippen MR) is 109 cm³/mol. The van der Waals surface area contributed by atoms with E-state index in [0.29, 0.717) is 5.56 Å². The van der Waals surface area contributed by atoms with Crippen LogP contribution >= 0.6 is 11.6 Å². The highest BCUT2D eigenvalue weighted by atomic mass is 35.5. The summed E-state index contributed by atoms with van der Waals surface area (Å²) in [6, 6.07) is 12.2. The van der Waals surface area contributed by atoms with Crippen LogP contribution in [0.2, 0.25) is 5.02 Å². The van der Waals surface area contributed by atoms with Crippen molar-refractivity contribution in [1.82, 2.24) is 15.3 Å². The Morgan fingerprint density at radius 3 is 2.42 bits per heavy atom. The Balaban J connectivity index is 1.94. The van der Waals surface area contributed by atoms with Gasteiger partial charge in [0.1, 0.15) is 11.5 Å². The van der Waals surface area contributed by atoms with Crippen molar-refractivity contribution in [3.8, 4) is 11.4 Å². The number of aromatic nitrogens is 2. The van der Waals surface area contributed by atoms with Crippen molar-refractivity contribution in [3.63, 3.8) is 0 Å². The number of amides is 1. The first-order chi connectivity index (χ1) is 14.5. The SMILES string of the molecule is CC(CO)(NC(=O)c1cc(=O)[nH]c(-c2ccccc2)n1)c1ccc(C(F)(F)F)cc1Cl. The van der Waals surface area contributed by atoms with Crippen molar-refractivity contribution in [2.24, 2.45) is 0 Å². The molecule has 0 aliphatic carbocycles. The lowest BCUT2D eigenvalue weighted by Gasteiger charge is -2.30. The Morgan fingerprint density at radius 1 is 1.16 bits per heavy atom. The van der Waals surface area contributed by atoms with E-state index in [9.17, 15) is 27.9 Å². The van der Waals surface area contributed by atoms with E-state index in [1.165, 1.54) is 6.92 Å². The number of alkyl halides is 3. The lowest BCUT2D eigenvalue weighted by molar-refractivity contribution is -0.137. The van der Waals surface area contributed by atoms with Gasteiger partial charge in [0, 0.05) is 16.7 Å². The van der Waals surface area contributed by atoms with Crippen molar-refractivity contribution in [1.29, 1.82) is 0 Å². The predicted octanol–water partition coefficient (Wildman–Crippen LogP) is 3.75. The van der Waals surface area contributed by atoms with E-state index in [0.717, 1.165) is 24.3 Å². The number of halogens is 4. The highest BCUT2D eigenvalue weighted by Crippen LogP contribution is 2.35. The van der Waals surface area contributed by atoms with Crippen LogP contribution < -0.4 is 10.9 Å². The van der Waals surface area contributed by atoms with Crippen LogP contribution in [0.15, 0.2) is 59.4 Å². The number of carbonyl (C=O) groups is 1. The zero-order valence-corrected chi connectivity index (χ0v) is 16.9. The summed E-state index contributed by atoms with van der Waals surface area (Å²) >= 11 is 6.03. The molecule has 3 rings (SSSR count). The summed E-state index contributed by atoms with van der Waals surface area (Å²) in [4.78, 5) is 31.5. The minimum atomic E-state index is -4.59. The maximum absolute atomic E-state index is 12.9. The fourth-order valence-electron chi connectivity index (χ4n) is 2.95. The molecule has 1 amide bonds. The molecule has 0 aliphatic heterocycles. The largest absolute Gasteiger partial charge is 0.416 e. The molecule has 1 atom stereocenters. The molecule has 0 saturated carbocycles. The first kappa shape index (κ1) is 22.5. The number of hydrogen-bond donors (Lipinski definition) is 3. The van der Waals surface area contributed by atoms with E-state index < -0.39 is 35.4 Å². The van der Waals surface area contributed by atoms with Crippen molar-refractivity contribution in [2.75, 3.05) is 6.61 Å². The molecule has 0 saturated heterocycles. The van der Waals surface area contributed by atoms with Crippen LogP contribution in [0.4, 0.5) is 13.2 Å². The molecule has 10 heteroatoms. The van der Waals surface area contributed by atoms with Crippen LogP contribution in [0.5, 0.6) is 0 Å². The van der Waals surface area contributed by atoms with Gasteiger partial charge in [0.15, 0.2) is 0 Å². The number of aromatic amines is 1. The zero-order chi connectivity index (χ0) is 22.8. The first-order valence-electron chi connectivity index (χ1n) is 9.01. The third-order valence-electron chi connectivity index (χ3n) is 4.62. The molecule has 1 aromatic heterocycles. The van der Waals surface area contributed by atoms with E-state index in [1.807, 2.05) is 0 Å². The topological polar surface area (TPSA) is 95.1 Å². The van der Waals surface area contributed by atoms with E-state index in [2.05, 4.69) is 15.3 Å². The maximum atomic E-state index is 12.9. The number of aliphatic hydroxyl groups excluding tert-OH is 1. The third kappa shape index (κ3) is 4.95. The molecule has 0 spiro atoms. The van der Waals surface area contributed by atoms with E-state index in [1.54, 1.807) is 30.3 Å². The van der Waals surface area contributed by atoms with Crippen LogP contribution in [0.1, 0.15) is 28.5 Å². The molecule has 0 fully saturated rings. The van der Waals surface area contributed by atoms with Crippen LogP contribution in [-0.4, -0.2) is 27.6 Å². The van der Waals surface area contributed by atoms with Crippen LogP contribution in [0.25, 0.3) is 11.4 Å². The first-order valence-corrected chi connectivity index (χ1v) is 9.39. The summed E-state index contributed by atoms with van der Waals surface area (Å²) in [7, 11) is 0. The summed E-state index contributed by atoms with van der Waals surface area (Å²) in [5.74, 6) is -0.646. The number of nitrogens with zero attached hydrogens (tertiary/aromatic N) is 1. The highest BCUT2D eigenvalue weighted by molar-refractivity contribution is 6.31. The molecule has 31 heavy (non-hydrogen) atoms. The van der Waals surface area contributed by atoms with Gasteiger partial charge in [-0.3, -0.25) is 9.59 Å². The molecule has 1 heterocycles. The third-order valence-corrected chi connectivity index (χ3v) is 4.93. The van der Waals surface area contributed by atoms with E-state index in [-0.39, 0.29) is 22.1 Å². The molecule has 3 N–H and O–H groups in total. The monoisotopic (exact) mass is 451 g/mol. The molecule has 3 aromatic rings. The maximum Gasteiger partial charge on any atom is 0.416 e. The van der Waals surface area contributed by atoms with Crippen LogP contribution in [0.3, 0.4) is 0 Å². The Hall–Kier alpha value is -3.17. The van der Waals surface area contributed by atoms with Gasteiger partial charge in [0.25, 0.3) is 11.5 Å². The second kappa shape index (κ2) is 8.52. The van der Waals surface area contributed by atoms with Gasteiger partial charge in [0.05, 0.1) is 17.7 Å². The number of H-pyrrole nitrogens is 1. The Morgan fingerprint density at radius 2 is 1.84 bits per heavy atom. The normalized spacial score (nSPS) is 13.5. The fraction of sp³-hybridized carbons (Fsp3) is 0.190. The number of carbonyl (C=O) groups excluding carboxylic acids is 1. The molecule has 162 valence electrons. The summed E-state index contributed by atoms with van der Waals surface area (Å²) in [6.07, 6.45) is -4.59. The fourth-order valence-corrected chi connectivity index (χ4v) is 3.34. The number of benzene rings is 2. The van der Waals surface area contributed by atoms with Gasteiger partial charge >= 0.3 is 6.18 Å². The molecular formula is C21H17ClF3N3O3. The molecule has 0 aliphatic rings.